The van der Waals surface area contributed by atoms with Gasteiger partial charge < -0.3 is 10.1 Å². The standard InChI is InChI=1S/C20H27N3O3S/c1-13(2)11-21-18(24)14(3)27-20-22-17-9-5-4-8-16(17)19(25)23(20)12-15-7-6-10-26-15/h4-5,8-9,13-15H,6-7,10-12H2,1-3H3,(H,21,24)/t14-,15-/m1/s1. The van der Waals surface area contributed by atoms with E-state index in [-0.39, 0.29) is 22.8 Å². The normalized spacial score (nSPS) is 18.1. The van der Waals surface area contributed by atoms with Gasteiger partial charge in [-0.15, -0.1) is 0 Å². The number of rotatable bonds is 7. The summed E-state index contributed by atoms with van der Waals surface area (Å²) in [6, 6.07) is 7.34. The summed E-state index contributed by atoms with van der Waals surface area (Å²) >= 11 is 1.33. The first-order valence-corrected chi connectivity index (χ1v) is 10.4. The molecule has 1 aromatic heterocycles. The Balaban J connectivity index is 1.89. The predicted molar refractivity (Wildman–Crippen MR) is 108 cm³/mol. The SMILES string of the molecule is CC(C)CNC(=O)[C@@H](C)Sc1nc2ccccc2c(=O)n1C[C@H]1CCCO1. The number of nitrogens with zero attached hydrogens (tertiary/aromatic N) is 2. The van der Waals surface area contributed by atoms with Crippen molar-refractivity contribution in [2.75, 3.05) is 13.2 Å². The van der Waals surface area contributed by atoms with Gasteiger partial charge in [0.1, 0.15) is 0 Å². The minimum atomic E-state index is -0.340. The van der Waals surface area contributed by atoms with E-state index in [9.17, 15) is 9.59 Å². The van der Waals surface area contributed by atoms with Crippen LogP contribution in [0.3, 0.4) is 0 Å². The van der Waals surface area contributed by atoms with Gasteiger partial charge in [-0.2, -0.15) is 0 Å². The molecule has 1 aliphatic heterocycles. The molecule has 1 aromatic carbocycles. The van der Waals surface area contributed by atoms with Crippen molar-refractivity contribution in [2.24, 2.45) is 5.92 Å². The molecular formula is C20H27N3O3S. The van der Waals surface area contributed by atoms with Crippen molar-refractivity contribution in [2.45, 2.75) is 56.7 Å². The van der Waals surface area contributed by atoms with Crippen LogP contribution >= 0.6 is 11.8 Å². The first-order valence-electron chi connectivity index (χ1n) is 9.51. The van der Waals surface area contributed by atoms with Crippen LogP contribution in [0, 0.1) is 5.92 Å². The van der Waals surface area contributed by atoms with E-state index in [2.05, 4.69) is 24.1 Å². The molecule has 1 N–H and O–H groups in total. The molecule has 0 bridgehead atoms. The van der Waals surface area contributed by atoms with Crippen LogP contribution in [0.4, 0.5) is 0 Å². The van der Waals surface area contributed by atoms with Crippen molar-refractivity contribution < 1.29 is 9.53 Å². The Morgan fingerprint density at radius 1 is 1.37 bits per heavy atom. The van der Waals surface area contributed by atoms with Gasteiger partial charge in [0.05, 0.1) is 28.8 Å². The molecule has 2 aromatic rings. The van der Waals surface area contributed by atoms with Crippen LogP contribution in [0.1, 0.15) is 33.6 Å². The van der Waals surface area contributed by atoms with Crippen molar-refractivity contribution in [3.8, 4) is 0 Å². The van der Waals surface area contributed by atoms with E-state index in [1.54, 1.807) is 10.6 Å². The molecule has 1 saturated heterocycles. The first kappa shape index (κ1) is 19.9. The maximum absolute atomic E-state index is 13.1. The number of hydrogen-bond acceptors (Lipinski definition) is 5. The molecule has 1 amide bonds. The summed E-state index contributed by atoms with van der Waals surface area (Å²) < 4.78 is 7.40. The predicted octanol–water partition coefficient (Wildman–Crippen LogP) is 2.83. The minimum Gasteiger partial charge on any atom is -0.376 e. The zero-order valence-corrected chi connectivity index (χ0v) is 16.9. The maximum Gasteiger partial charge on any atom is 0.262 e. The zero-order chi connectivity index (χ0) is 19.4. The number of fused-ring (bicyclic) bond motifs is 1. The van der Waals surface area contributed by atoms with Gasteiger partial charge in [0.25, 0.3) is 5.56 Å². The van der Waals surface area contributed by atoms with Gasteiger partial charge >= 0.3 is 0 Å². The summed E-state index contributed by atoms with van der Waals surface area (Å²) in [5.41, 5.74) is 0.580. The van der Waals surface area contributed by atoms with Crippen molar-refractivity contribution in [3.05, 3.63) is 34.6 Å². The summed E-state index contributed by atoms with van der Waals surface area (Å²) in [5, 5.41) is 3.77. The zero-order valence-electron chi connectivity index (χ0n) is 16.1. The van der Waals surface area contributed by atoms with E-state index in [0.717, 1.165) is 19.4 Å². The quantitative estimate of drug-likeness (QED) is 0.582. The summed E-state index contributed by atoms with van der Waals surface area (Å²) in [5.74, 6) is 0.349. The van der Waals surface area contributed by atoms with Crippen LogP contribution in [0.2, 0.25) is 0 Å². The van der Waals surface area contributed by atoms with Gasteiger partial charge in [0.2, 0.25) is 5.91 Å². The molecule has 146 valence electrons. The third kappa shape index (κ3) is 4.90. The average Bonchev–Trinajstić information content (AvgIpc) is 3.16. The van der Waals surface area contributed by atoms with Crippen LogP contribution in [0.5, 0.6) is 0 Å². The second kappa shape index (κ2) is 8.89. The van der Waals surface area contributed by atoms with Crippen LogP contribution in [0.25, 0.3) is 10.9 Å². The molecule has 2 atom stereocenters. The lowest BCUT2D eigenvalue weighted by Crippen LogP contribution is -2.34. The molecule has 6 nitrogen and oxygen atoms in total. The number of carbonyl (C=O) groups excluding carboxylic acids is 1. The van der Waals surface area contributed by atoms with E-state index < -0.39 is 0 Å². The van der Waals surface area contributed by atoms with Gasteiger partial charge in [0.15, 0.2) is 5.16 Å². The Hall–Kier alpha value is -1.86. The monoisotopic (exact) mass is 389 g/mol. The van der Waals surface area contributed by atoms with E-state index in [1.807, 2.05) is 25.1 Å². The molecule has 0 unspecified atom stereocenters. The number of aromatic nitrogens is 2. The Bertz CT molecular complexity index is 859. The fraction of sp³-hybridized carbons (Fsp3) is 0.550. The number of amides is 1. The van der Waals surface area contributed by atoms with Crippen LogP contribution < -0.4 is 10.9 Å². The van der Waals surface area contributed by atoms with E-state index in [1.165, 1.54) is 11.8 Å². The summed E-state index contributed by atoms with van der Waals surface area (Å²) in [4.78, 5) is 30.1. The highest BCUT2D eigenvalue weighted by molar-refractivity contribution is 8.00. The Kier molecular flexibility index (Phi) is 6.55. The molecule has 27 heavy (non-hydrogen) atoms. The second-order valence-corrected chi connectivity index (χ2v) is 8.67. The van der Waals surface area contributed by atoms with Crippen molar-refractivity contribution in [1.82, 2.24) is 14.9 Å². The number of para-hydroxylation sites is 1. The number of hydrogen-bond donors (Lipinski definition) is 1. The lowest BCUT2D eigenvalue weighted by atomic mass is 10.2. The molecule has 0 spiro atoms. The number of benzene rings is 1. The highest BCUT2D eigenvalue weighted by Gasteiger charge is 2.23. The lowest BCUT2D eigenvalue weighted by molar-refractivity contribution is -0.120. The number of ether oxygens (including phenoxy) is 1. The molecule has 0 radical (unpaired) electrons. The fourth-order valence-electron chi connectivity index (χ4n) is 3.05. The maximum atomic E-state index is 13.1. The molecule has 1 aliphatic rings. The van der Waals surface area contributed by atoms with Gasteiger partial charge in [-0.05, 0) is 37.8 Å². The number of nitrogens with one attached hydrogen (secondary N) is 1. The summed E-state index contributed by atoms with van der Waals surface area (Å²) in [7, 11) is 0. The third-order valence-corrected chi connectivity index (χ3v) is 5.66. The van der Waals surface area contributed by atoms with E-state index >= 15 is 0 Å². The summed E-state index contributed by atoms with van der Waals surface area (Å²) in [6.07, 6.45) is 1.97. The number of thioether (sulfide) groups is 1. The molecule has 7 heteroatoms. The Morgan fingerprint density at radius 2 is 2.15 bits per heavy atom. The fourth-order valence-corrected chi connectivity index (χ4v) is 3.99. The van der Waals surface area contributed by atoms with Crippen LogP contribution in [0.15, 0.2) is 34.2 Å². The second-order valence-electron chi connectivity index (χ2n) is 7.36. The van der Waals surface area contributed by atoms with Gasteiger partial charge in [-0.25, -0.2) is 4.98 Å². The van der Waals surface area contributed by atoms with Gasteiger partial charge in [-0.3, -0.25) is 14.2 Å². The molecule has 1 fully saturated rings. The van der Waals surface area contributed by atoms with Crippen molar-refractivity contribution in [1.29, 1.82) is 0 Å². The van der Waals surface area contributed by atoms with Crippen molar-refractivity contribution in [3.63, 3.8) is 0 Å². The molecule has 0 aliphatic carbocycles. The summed E-state index contributed by atoms with van der Waals surface area (Å²) in [6.45, 7) is 7.80. The third-order valence-electron chi connectivity index (χ3n) is 4.57. The number of carbonyl (C=O) groups is 1. The van der Waals surface area contributed by atoms with Gasteiger partial charge in [-0.1, -0.05) is 37.7 Å². The molecule has 3 rings (SSSR count). The minimum absolute atomic E-state index is 0.0232. The highest BCUT2D eigenvalue weighted by atomic mass is 32.2. The van der Waals surface area contributed by atoms with Crippen LogP contribution in [-0.2, 0) is 16.1 Å². The Labute approximate surface area is 163 Å². The highest BCUT2D eigenvalue weighted by Crippen LogP contribution is 2.24. The lowest BCUT2D eigenvalue weighted by Gasteiger charge is -2.18. The van der Waals surface area contributed by atoms with E-state index in [0.29, 0.717) is 35.1 Å². The molecule has 0 saturated carbocycles. The molecule has 2 heterocycles. The topological polar surface area (TPSA) is 73.2 Å². The van der Waals surface area contributed by atoms with E-state index in [4.69, 9.17) is 4.74 Å². The van der Waals surface area contributed by atoms with Crippen LogP contribution in [-0.4, -0.2) is 40.0 Å². The largest absolute Gasteiger partial charge is 0.376 e. The Morgan fingerprint density at radius 3 is 2.85 bits per heavy atom. The van der Waals surface area contributed by atoms with Crippen molar-refractivity contribution >= 4 is 28.6 Å². The molecular weight excluding hydrogens is 362 g/mol. The average molecular weight is 390 g/mol. The van der Waals surface area contributed by atoms with Gasteiger partial charge in [0, 0.05) is 13.2 Å². The first-order chi connectivity index (χ1) is 13.0. The smallest absolute Gasteiger partial charge is 0.262 e.